The van der Waals surface area contributed by atoms with Gasteiger partial charge in [-0.15, -0.1) is 0 Å². The maximum atomic E-state index is 5.92. The minimum atomic E-state index is -0.130. The van der Waals surface area contributed by atoms with Crippen LogP contribution < -0.4 is 0 Å². The summed E-state index contributed by atoms with van der Waals surface area (Å²) >= 11 is 5.92. The van der Waals surface area contributed by atoms with E-state index >= 15 is 0 Å². The van der Waals surface area contributed by atoms with Gasteiger partial charge in [0.05, 0.1) is 6.61 Å². The predicted octanol–water partition coefficient (Wildman–Crippen LogP) is 2.18. The fraction of sp³-hybridized carbons (Fsp3) is 1.00. The maximum absolute atomic E-state index is 5.92. The molecule has 1 unspecified atom stereocenters. The van der Waals surface area contributed by atoms with Crippen molar-refractivity contribution in [2.45, 2.75) is 25.8 Å². The molecular weight excluding hydrogens is 174 g/mol. The van der Waals surface area contributed by atoms with E-state index in [-0.39, 0.29) is 5.56 Å². The minimum absolute atomic E-state index is 0.130. The molecule has 12 heavy (non-hydrogen) atoms. The SMILES string of the molecule is CC(C)COC(Cl)CCN(C)C. The van der Waals surface area contributed by atoms with Crippen molar-refractivity contribution in [3.8, 4) is 0 Å². The number of nitrogens with zero attached hydrogens (tertiary/aromatic N) is 1. The highest BCUT2D eigenvalue weighted by atomic mass is 35.5. The van der Waals surface area contributed by atoms with Crippen molar-refractivity contribution in [2.24, 2.45) is 5.92 Å². The standard InChI is InChI=1S/C9H20ClNO/c1-8(2)7-12-9(10)5-6-11(3)4/h8-9H,5-7H2,1-4H3. The number of rotatable bonds is 6. The Bertz CT molecular complexity index is 94.7. The van der Waals surface area contributed by atoms with Crippen molar-refractivity contribution in [3.63, 3.8) is 0 Å². The zero-order valence-corrected chi connectivity index (χ0v) is 9.27. The fourth-order valence-corrected chi connectivity index (χ4v) is 0.910. The summed E-state index contributed by atoms with van der Waals surface area (Å²) in [6.45, 7) is 5.97. The van der Waals surface area contributed by atoms with Crippen LogP contribution >= 0.6 is 11.6 Å². The summed E-state index contributed by atoms with van der Waals surface area (Å²) in [4.78, 5) is 2.11. The van der Waals surface area contributed by atoms with Crippen LogP contribution in [-0.2, 0) is 4.74 Å². The molecular formula is C9H20ClNO. The normalized spacial score (nSPS) is 14.2. The summed E-state index contributed by atoms with van der Waals surface area (Å²) in [6.07, 6.45) is 0.890. The van der Waals surface area contributed by atoms with Crippen LogP contribution in [0.5, 0.6) is 0 Å². The molecule has 0 N–H and O–H groups in total. The summed E-state index contributed by atoms with van der Waals surface area (Å²) in [5, 5.41) is 0. The summed E-state index contributed by atoms with van der Waals surface area (Å²) in [5.41, 5.74) is -0.130. The number of hydrogen-bond donors (Lipinski definition) is 0. The van der Waals surface area contributed by atoms with Crippen molar-refractivity contribution in [1.29, 1.82) is 0 Å². The highest BCUT2D eigenvalue weighted by Gasteiger charge is 2.05. The second-order valence-electron chi connectivity index (χ2n) is 3.73. The topological polar surface area (TPSA) is 12.5 Å². The van der Waals surface area contributed by atoms with Crippen LogP contribution in [0.2, 0.25) is 0 Å². The van der Waals surface area contributed by atoms with E-state index in [2.05, 4.69) is 18.7 Å². The second kappa shape index (κ2) is 6.70. The molecule has 74 valence electrons. The quantitative estimate of drug-likeness (QED) is 0.600. The molecule has 3 heteroatoms. The van der Waals surface area contributed by atoms with E-state index < -0.39 is 0 Å². The van der Waals surface area contributed by atoms with Gasteiger partial charge in [-0.1, -0.05) is 25.4 Å². The summed E-state index contributed by atoms with van der Waals surface area (Å²) in [7, 11) is 4.07. The lowest BCUT2D eigenvalue weighted by Gasteiger charge is -2.15. The van der Waals surface area contributed by atoms with Crippen molar-refractivity contribution >= 4 is 11.6 Å². The number of alkyl halides is 1. The molecule has 0 aliphatic carbocycles. The van der Waals surface area contributed by atoms with Gasteiger partial charge in [0.2, 0.25) is 0 Å². The molecule has 0 saturated carbocycles. The lowest BCUT2D eigenvalue weighted by Crippen LogP contribution is -2.19. The van der Waals surface area contributed by atoms with Crippen molar-refractivity contribution < 1.29 is 4.74 Å². The molecule has 0 aromatic carbocycles. The van der Waals surface area contributed by atoms with Crippen LogP contribution in [0.15, 0.2) is 0 Å². The highest BCUT2D eigenvalue weighted by Crippen LogP contribution is 2.06. The third-order valence-corrected chi connectivity index (χ3v) is 1.76. The molecule has 0 aliphatic rings. The zero-order valence-electron chi connectivity index (χ0n) is 8.51. The largest absolute Gasteiger partial charge is 0.362 e. The van der Waals surface area contributed by atoms with E-state index in [0.29, 0.717) is 5.92 Å². The number of halogens is 1. The summed E-state index contributed by atoms with van der Waals surface area (Å²) < 4.78 is 5.39. The molecule has 1 atom stereocenters. The fourth-order valence-electron chi connectivity index (χ4n) is 0.740. The van der Waals surface area contributed by atoms with E-state index in [4.69, 9.17) is 16.3 Å². The lowest BCUT2D eigenvalue weighted by molar-refractivity contribution is 0.0762. The number of ether oxygens (including phenoxy) is 1. The third-order valence-electron chi connectivity index (χ3n) is 1.41. The van der Waals surface area contributed by atoms with Crippen molar-refractivity contribution in [2.75, 3.05) is 27.2 Å². The average molecular weight is 194 g/mol. The van der Waals surface area contributed by atoms with E-state index in [1.807, 2.05) is 14.1 Å². The molecule has 2 nitrogen and oxygen atoms in total. The highest BCUT2D eigenvalue weighted by molar-refractivity contribution is 6.19. The lowest BCUT2D eigenvalue weighted by atomic mass is 10.2. The molecule has 0 heterocycles. The Kier molecular flexibility index (Phi) is 6.81. The zero-order chi connectivity index (χ0) is 9.56. The van der Waals surface area contributed by atoms with E-state index in [1.165, 1.54) is 0 Å². The van der Waals surface area contributed by atoms with E-state index in [0.717, 1.165) is 19.6 Å². The van der Waals surface area contributed by atoms with Gasteiger partial charge in [0.1, 0.15) is 5.56 Å². The van der Waals surface area contributed by atoms with Crippen LogP contribution in [0.25, 0.3) is 0 Å². The van der Waals surface area contributed by atoms with Gasteiger partial charge in [-0.25, -0.2) is 0 Å². The molecule has 0 spiro atoms. The Morgan fingerprint density at radius 2 is 1.92 bits per heavy atom. The smallest absolute Gasteiger partial charge is 0.132 e. The molecule has 0 bridgehead atoms. The van der Waals surface area contributed by atoms with Crippen molar-refractivity contribution in [3.05, 3.63) is 0 Å². The first-order valence-electron chi connectivity index (χ1n) is 4.42. The molecule has 0 rings (SSSR count). The second-order valence-corrected chi connectivity index (χ2v) is 4.22. The maximum Gasteiger partial charge on any atom is 0.132 e. The summed E-state index contributed by atoms with van der Waals surface area (Å²) in [6, 6.07) is 0. The van der Waals surface area contributed by atoms with Gasteiger partial charge < -0.3 is 9.64 Å². The Morgan fingerprint density at radius 1 is 1.33 bits per heavy atom. The van der Waals surface area contributed by atoms with Crippen molar-refractivity contribution in [1.82, 2.24) is 4.90 Å². The molecule has 0 amide bonds. The molecule has 0 saturated heterocycles. The molecule has 0 fully saturated rings. The minimum Gasteiger partial charge on any atom is -0.362 e. The van der Waals surface area contributed by atoms with E-state index in [9.17, 15) is 0 Å². The van der Waals surface area contributed by atoms with Gasteiger partial charge in [0.15, 0.2) is 0 Å². The van der Waals surface area contributed by atoms with Crippen LogP contribution in [0.1, 0.15) is 20.3 Å². The first kappa shape index (κ1) is 12.2. The molecule has 0 aliphatic heterocycles. The Labute approximate surface area is 80.8 Å². The first-order valence-corrected chi connectivity index (χ1v) is 4.86. The third kappa shape index (κ3) is 8.31. The van der Waals surface area contributed by atoms with Gasteiger partial charge >= 0.3 is 0 Å². The molecule has 0 radical (unpaired) electrons. The van der Waals surface area contributed by atoms with Crippen LogP contribution in [-0.4, -0.2) is 37.7 Å². The Morgan fingerprint density at radius 3 is 2.33 bits per heavy atom. The van der Waals surface area contributed by atoms with E-state index in [1.54, 1.807) is 0 Å². The van der Waals surface area contributed by atoms with Gasteiger partial charge in [-0.05, 0) is 20.0 Å². The van der Waals surface area contributed by atoms with Crippen LogP contribution in [0.4, 0.5) is 0 Å². The van der Waals surface area contributed by atoms with Crippen LogP contribution in [0, 0.1) is 5.92 Å². The van der Waals surface area contributed by atoms with Gasteiger partial charge in [0, 0.05) is 13.0 Å². The molecule has 0 aromatic heterocycles. The monoisotopic (exact) mass is 193 g/mol. The van der Waals surface area contributed by atoms with Crippen LogP contribution in [0.3, 0.4) is 0 Å². The Balaban J connectivity index is 3.27. The molecule has 0 aromatic rings. The first-order chi connectivity index (χ1) is 5.52. The van der Waals surface area contributed by atoms with Gasteiger partial charge in [-0.3, -0.25) is 0 Å². The number of hydrogen-bond acceptors (Lipinski definition) is 2. The van der Waals surface area contributed by atoms with Gasteiger partial charge in [0.25, 0.3) is 0 Å². The summed E-state index contributed by atoms with van der Waals surface area (Å²) in [5.74, 6) is 0.561. The van der Waals surface area contributed by atoms with Gasteiger partial charge in [-0.2, -0.15) is 0 Å². The Hall–Kier alpha value is 0.210. The predicted molar refractivity (Wildman–Crippen MR) is 53.6 cm³/mol. The average Bonchev–Trinajstić information content (AvgIpc) is 1.96.